The summed E-state index contributed by atoms with van der Waals surface area (Å²) in [6, 6.07) is 13.8. The lowest BCUT2D eigenvalue weighted by Gasteiger charge is -2.36. The van der Waals surface area contributed by atoms with Crippen molar-refractivity contribution in [1.82, 2.24) is 20.2 Å². The van der Waals surface area contributed by atoms with Gasteiger partial charge in [-0.15, -0.1) is 36.6 Å². The van der Waals surface area contributed by atoms with Gasteiger partial charge in [-0.25, -0.2) is 4.98 Å². The van der Waals surface area contributed by atoms with Crippen LogP contribution in [0.25, 0.3) is 10.9 Å². The maximum Gasteiger partial charge on any atom is 0.235 e. The third-order valence-electron chi connectivity index (χ3n) is 6.40. The first-order valence-electron chi connectivity index (χ1n) is 11.4. The number of likely N-dealkylation sites (tertiary alicyclic amines) is 1. The fourth-order valence-electron chi connectivity index (χ4n) is 4.55. The largest absolute Gasteiger partial charge is 0.390 e. The molecule has 1 fully saturated rings. The molecule has 0 aliphatic carbocycles. The highest BCUT2D eigenvalue weighted by Crippen LogP contribution is 2.29. The van der Waals surface area contributed by atoms with E-state index in [9.17, 15) is 15.2 Å². The van der Waals surface area contributed by atoms with Gasteiger partial charge in [0.05, 0.1) is 39.6 Å². The number of nitrogens with zero attached hydrogens (tertiary/aromatic N) is 4. The van der Waals surface area contributed by atoms with Crippen molar-refractivity contribution in [2.75, 3.05) is 30.7 Å². The van der Waals surface area contributed by atoms with E-state index in [1.54, 1.807) is 6.07 Å². The number of aliphatic hydroxyl groups is 1. The van der Waals surface area contributed by atoms with E-state index in [1.807, 2.05) is 36.5 Å². The zero-order chi connectivity index (χ0) is 23.5. The first kappa shape index (κ1) is 28.1. The molecule has 2 aromatic heterocycles. The van der Waals surface area contributed by atoms with Crippen molar-refractivity contribution in [1.29, 1.82) is 5.26 Å². The van der Waals surface area contributed by atoms with E-state index in [-0.39, 0.29) is 36.8 Å². The van der Waals surface area contributed by atoms with E-state index in [1.165, 1.54) is 17.3 Å². The number of rotatable bonds is 6. The number of carbonyl (C=O) groups is 1. The van der Waals surface area contributed by atoms with Crippen LogP contribution in [0.15, 0.2) is 47.5 Å². The summed E-state index contributed by atoms with van der Waals surface area (Å²) in [4.78, 5) is 23.8. The maximum absolute atomic E-state index is 11.6. The smallest absolute Gasteiger partial charge is 0.235 e. The topological polar surface area (TPSA) is 114 Å². The molecule has 0 saturated carbocycles. The molecule has 36 heavy (non-hydrogen) atoms. The number of nitriles is 1. The number of nitrogens with one attached hydrogen (secondary N) is 2. The van der Waals surface area contributed by atoms with Crippen LogP contribution in [0.3, 0.4) is 0 Å². The van der Waals surface area contributed by atoms with Gasteiger partial charge in [0.25, 0.3) is 0 Å². The van der Waals surface area contributed by atoms with Crippen LogP contribution in [0, 0.1) is 11.3 Å². The number of aliphatic hydroxyl groups excluding tert-OH is 1. The number of pyridine rings is 2. The molecule has 1 aromatic carbocycles. The highest BCUT2D eigenvalue weighted by Gasteiger charge is 2.27. The van der Waals surface area contributed by atoms with Gasteiger partial charge >= 0.3 is 0 Å². The molecule has 190 valence electrons. The SMILES string of the molecule is Cl.Cl.N#Cc1ccc2nccc(CCN3CCC(NCc4ccc5c(n4)NC(=O)CS5)C(O)C3)c2c1. The second-order valence-electron chi connectivity index (χ2n) is 8.69. The maximum atomic E-state index is 11.6. The predicted octanol–water partition coefficient (Wildman–Crippen LogP) is 3.16. The average Bonchev–Trinajstić information content (AvgIpc) is 2.86. The van der Waals surface area contributed by atoms with E-state index < -0.39 is 6.10 Å². The molecule has 2 aliphatic rings. The molecule has 1 amide bonds. The quantitative estimate of drug-likeness (QED) is 0.432. The lowest BCUT2D eigenvalue weighted by molar-refractivity contribution is -0.113. The second kappa shape index (κ2) is 12.7. The minimum atomic E-state index is -0.471. The minimum Gasteiger partial charge on any atom is -0.390 e. The van der Waals surface area contributed by atoms with Crippen LogP contribution >= 0.6 is 36.6 Å². The summed E-state index contributed by atoms with van der Waals surface area (Å²) >= 11 is 1.50. The van der Waals surface area contributed by atoms with Crippen molar-refractivity contribution in [3.8, 4) is 6.07 Å². The van der Waals surface area contributed by atoms with Crippen molar-refractivity contribution in [2.45, 2.75) is 36.4 Å². The first-order valence-corrected chi connectivity index (χ1v) is 12.4. The molecule has 5 rings (SSSR count). The van der Waals surface area contributed by atoms with Crippen LogP contribution in [0.2, 0.25) is 0 Å². The van der Waals surface area contributed by atoms with E-state index in [0.29, 0.717) is 30.2 Å². The molecule has 0 radical (unpaired) electrons. The number of amides is 1. The Morgan fingerprint density at radius 3 is 2.92 bits per heavy atom. The van der Waals surface area contributed by atoms with Crippen molar-refractivity contribution >= 4 is 59.2 Å². The molecule has 2 atom stereocenters. The summed E-state index contributed by atoms with van der Waals surface area (Å²) in [5.74, 6) is 1.03. The molecule has 1 saturated heterocycles. The number of carbonyl (C=O) groups excluding carboxylic acids is 1. The summed E-state index contributed by atoms with van der Waals surface area (Å²) in [5, 5.41) is 27.3. The Balaban J connectivity index is 0.00000180. The van der Waals surface area contributed by atoms with Gasteiger partial charge in [-0.2, -0.15) is 5.26 Å². The molecule has 4 heterocycles. The third kappa shape index (κ3) is 6.45. The standard InChI is InChI=1S/C25H26N6O2S.2ClH/c26-12-16-1-3-20-19(11-16)17(5-8-27-20)6-9-31-10-7-21(22(32)14-31)28-13-18-2-4-23-25(29-18)30-24(33)15-34-23;;/h1-5,8,11,21-22,28,32H,6-7,9-10,13-15H2,(H,29,30,33);2*1H. The number of benzene rings is 1. The normalized spacial score (nSPS) is 19.4. The number of hydrogen-bond acceptors (Lipinski definition) is 8. The van der Waals surface area contributed by atoms with Crippen molar-refractivity contribution in [3.05, 3.63) is 59.4 Å². The lowest BCUT2D eigenvalue weighted by Crippen LogP contribution is -2.52. The van der Waals surface area contributed by atoms with Gasteiger partial charge in [-0.3, -0.25) is 9.78 Å². The Kier molecular flexibility index (Phi) is 9.91. The Morgan fingerprint density at radius 2 is 2.11 bits per heavy atom. The van der Waals surface area contributed by atoms with Gasteiger partial charge in [0.2, 0.25) is 5.91 Å². The number of fused-ring (bicyclic) bond motifs is 2. The zero-order valence-corrected chi connectivity index (χ0v) is 22.0. The summed E-state index contributed by atoms with van der Waals surface area (Å²) in [6.07, 6.45) is 3.02. The van der Waals surface area contributed by atoms with E-state index in [2.05, 4.69) is 31.6 Å². The van der Waals surface area contributed by atoms with Crippen LogP contribution in [0.4, 0.5) is 5.82 Å². The van der Waals surface area contributed by atoms with Crippen LogP contribution in [-0.4, -0.2) is 63.4 Å². The molecule has 0 spiro atoms. The number of halogens is 2. The van der Waals surface area contributed by atoms with E-state index in [4.69, 9.17) is 0 Å². The Labute approximate surface area is 226 Å². The Hall–Kier alpha value is -2.45. The molecular weight excluding hydrogens is 519 g/mol. The van der Waals surface area contributed by atoms with Gasteiger partial charge in [-0.05, 0) is 61.3 Å². The van der Waals surface area contributed by atoms with E-state index in [0.717, 1.165) is 47.4 Å². The number of hydrogen-bond donors (Lipinski definition) is 3. The minimum absolute atomic E-state index is 0. The van der Waals surface area contributed by atoms with Gasteiger partial charge < -0.3 is 20.6 Å². The van der Waals surface area contributed by atoms with Crippen LogP contribution in [0.1, 0.15) is 23.2 Å². The van der Waals surface area contributed by atoms with Gasteiger partial charge in [0.1, 0.15) is 5.82 Å². The highest BCUT2D eigenvalue weighted by atomic mass is 35.5. The molecule has 11 heteroatoms. The Bertz CT molecular complexity index is 1270. The van der Waals surface area contributed by atoms with E-state index >= 15 is 0 Å². The van der Waals surface area contributed by atoms with Gasteiger partial charge in [-0.1, -0.05) is 0 Å². The molecule has 0 bridgehead atoms. The number of thioether (sulfide) groups is 1. The van der Waals surface area contributed by atoms with Crippen LogP contribution < -0.4 is 10.6 Å². The van der Waals surface area contributed by atoms with Crippen LogP contribution in [-0.2, 0) is 17.8 Å². The number of aromatic nitrogens is 2. The fraction of sp³-hybridized carbons (Fsp3) is 0.360. The number of anilines is 1. The monoisotopic (exact) mass is 546 g/mol. The summed E-state index contributed by atoms with van der Waals surface area (Å²) in [5.41, 5.74) is 3.55. The third-order valence-corrected chi connectivity index (χ3v) is 7.45. The second-order valence-corrected chi connectivity index (χ2v) is 9.71. The predicted molar refractivity (Wildman–Crippen MR) is 146 cm³/mol. The Morgan fingerprint density at radius 1 is 1.25 bits per heavy atom. The average molecular weight is 548 g/mol. The van der Waals surface area contributed by atoms with Gasteiger partial charge in [0, 0.05) is 37.3 Å². The zero-order valence-electron chi connectivity index (χ0n) is 19.5. The summed E-state index contributed by atoms with van der Waals surface area (Å²) in [6.45, 7) is 2.88. The molecule has 3 N–H and O–H groups in total. The fourth-order valence-corrected chi connectivity index (χ4v) is 5.30. The van der Waals surface area contributed by atoms with Crippen molar-refractivity contribution < 1.29 is 9.90 Å². The molecule has 3 aromatic rings. The van der Waals surface area contributed by atoms with Crippen molar-refractivity contribution in [2.24, 2.45) is 0 Å². The van der Waals surface area contributed by atoms with Crippen molar-refractivity contribution in [3.63, 3.8) is 0 Å². The molecule has 2 unspecified atom stereocenters. The molecular formula is C25H28Cl2N6O2S. The molecule has 2 aliphatic heterocycles. The van der Waals surface area contributed by atoms with Gasteiger partial charge in [0.15, 0.2) is 0 Å². The lowest BCUT2D eigenvalue weighted by atomic mass is 10.00. The first-order chi connectivity index (χ1) is 16.6. The number of piperidine rings is 1. The molecule has 8 nitrogen and oxygen atoms in total. The highest BCUT2D eigenvalue weighted by molar-refractivity contribution is 8.00. The van der Waals surface area contributed by atoms with Crippen LogP contribution in [0.5, 0.6) is 0 Å². The summed E-state index contributed by atoms with van der Waals surface area (Å²) < 4.78 is 0. The summed E-state index contributed by atoms with van der Waals surface area (Å²) in [7, 11) is 0. The number of β-amino-alcohol motifs (C(OH)–C–C–N with tert-alkyl or cyclic N) is 1.